The van der Waals surface area contributed by atoms with Gasteiger partial charge in [0.05, 0.1) is 0 Å². The number of carbonyl (C=O) groups is 1. The Morgan fingerprint density at radius 2 is 2.05 bits per heavy atom. The Labute approximate surface area is 125 Å². The zero-order valence-electron chi connectivity index (χ0n) is 10.1. The van der Waals surface area contributed by atoms with Gasteiger partial charge in [0.15, 0.2) is 0 Å². The zero-order chi connectivity index (χ0) is 13.7. The molecule has 1 N–H and O–H groups in total. The van der Waals surface area contributed by atoms with Crippen molar-refractivity contribution in [2.24, 2.45) is 0 Å². The van der Waals surface area contributed by atoms with Crippen molar-refractivity contribution in [3.63, 3.8) is 0 Å². The van der Waals surface area contributed by atoms with Gasteiger partial charge in [-0.15, -0.1) is 0 Å². The second-order valence-corrected chi connectivity index (χ2v) is 5.23. The molecular weight excluding hydrogens is 328 g/mol. The van der Waals surface area contributed by atoms with Crippen LogP contribution in [0.5, 0.6) is 0 Å². The third-order valence-electron chi connectivity index (χ3n) is 2.54. The smallest absolute Gasteiger partial charge is 0.269 e. The summed E-state index contributed by atoms with van der Waals surface area (Å²) >= 11 is 9.13. The Kier molecular flexibility index (Phi) is 4.93. The summed E-state index contributed by atoms with van der Waals surface area (Å²) in [6, 6.07) is 12.8. The van der Waals surface area contributed by atoms with Gasteiger partial charge in [0.25, 0.3) is 5.91 Å². The molecule has 5 heteroatoms. The van der Waals surface area contributed by atoms with Gasteiger partial charge in [-0.1, -0.05) is 29.8 Å². The van der Waals surface area contributed by atoms with E-state index in [4.69, 9.17) is 11.6 Å². The van der Waals surface area contributed by atoms with E-state index < -0.39 is 0 Å². The number of carbonyl (C=O) groups excluding carboxylic acids is 1. The lowest BCUT2D eigenvalue weighted by atomic mass is 10.1. The van der Waals surface area contributed by atoms with Gasteiger partial charge in [0, 0.05) is 11.6 Å². The number of benzene rings is 1. The fourth-order valence-electron chi connectivity index (χ4n) is 1.64. The standard InChI is InChI=1S/C14H12BrClN2O/c15-13-6-2-5-12(18-13)14(19)17-8-7-10-3-1-4-11(16)9-10/h1-6,9H,7-8H2,(H,17,19). The third kappa shape index (κ3) is 4.33. The molecule has 0 fully saturated rings. The molecule has 1 aromatic carbocycles. The predicted molar refractivity (Wildman–Crippen MR) is 79.4 cm³/mol. The number of nitrogens with one attached hydrogen (secondary N) is 1. The first-order chi connectivity index (χ1) is 9.15. The minimum atomic E-state index is -0.177. The number of rotatable bonds is 4. The number of nitrogens with zero attached hydrogens (tertiary/aromatic N) is 1. The summed E-state index contributed by atoms with van der Waals surface area (Å²) in [4.78, 5) is 15.9. The van der Waals surface area contributed by atoms with E-state index in [2.05, 4.69) is 26.2 Å². The highest BCUT2D eigenvalue weighted by Crippen LogP contribution is 2.11. The molecular formula is C14H12BrClN2O. The molecule has 0 atom stereocenters. The van der Waals surface area contributed by atoms with E-state index >= 15 is 0 Å². The van der Waals surface area contributed by atoms with E-state index in [9.17, 15) is 4.79 Å². The summed E-state index contributed by atoms with van der Waals surface area (Å²) in [6.45, 7) is 0.549. The van der Waals surface area contributed by atoms with Crippen LogP contribution in [0.2, 0.25) is 5.02 Å². The summed E-state index contributed by atoms with van der Waals surface area (Å²) in [5, 5.41) is 3.53. The van der Waals surface area contributed by atoms with Crippen molar-refractivity contribution in [3.05, 3.63) is 63.3 Å². The molecule has 0 unspecified atom stereocenters. The maximum Gasteiger partial charge on any atom is 0.269 e. The van der Waals surface area contributed by atoms with Crippen LogP contribution in [0.1, 0.15) is 16.1 Å². The van der Waals surface area contributed by atoms with E-state index in [0.717, 1.165) is 12.0 Å². The Bertz CT molecular complexity index is 589. The molecule has 0 spiro atoms. The maximum absolute atomic E-state index is 11.8. The largest absolute Gasteiger partial charge is 0.350 e. The average molecular weight is 340 g/mol. The van der Waals surface area contributed by atoms with Crippen molar-refractivity contribution < 1.29 is 4.79 Å². The lowest BCUT2D eigenvalue weighted by Crippen LogP contribution is -2.26. The molecule has 2 aromatic rings. The molecule has 0 saturated carbocycles. The van der Waals surface area contributed by atoms with Crippen LogP contribution < -0.4 is 5.32 Å². The molecule has 19 heavy (non-hydrogen) atoms. The summed E-state index contributed by atoms with van der Waals surface area (Å²) in [5.74, 6) is -0.177. The van der Waals surface area contributed by atoms with Crippen molar-refractivity contribution in [1.82, 2.24) is 10.3 Å². The number of hydrogen-bond acceptors (Lipinski definition) is 2. The summed E-state index contributed by atoms with van der Waals surface area (Å²) in [6.07, 6.45) is 0.736. The highest BCUT2D eigenvalue weighted by molar-refractivity contribution is 9.10. The van der Waals surface area contributed by atoms with Gasteiger partial charge in [-0.3, -0.25) is 4.79 Å². The molecule has 0 aliphatic rings. The Morgan fingerprint density at radius 1 is 1.26 bits per heavy atom. The maximum atomic E-state index is 11.8. The molecule has 0 bridgehead atoms. The fraction of sp³-hybridized carbons (Fsp3) is 0.143. The van der Waals surface area contributed by atoms with Gasteiger partial charge in [-0.2, -0.15) is 0 Å². The Morgan fingerprint density at radius 3 is 2.79 bits per heavy atom. The quantitative estimate of drug-likeness (QED) is 0.867. The van der Waals surface area contributed by atoms with Crippen LogP contribution in [0.3, 0.4) is 0 Å². The molecule has 0 aliphatic carbocycles. The lowest BCUT2D eigenvalue weighted by Gasteiger charge is -2.05. The van der Waals surface area contributed by atoms with Crippen LogP contribution in [-0.4, -0.2) is 17.4 Å². The van der Waals surface area contributed by atoms with Crippen LogP contribution in [0, 0.1) is 0 Å². The van der Waals surface area contributed by atoms with Gasteiger partial charge < -0.3 is 5.32 Å². The van der Waals surface area contributed by atoms with Crippen LogP contribution in [0.25, 0.3) is 0 Å². The number of pyridine rings is 1. The van der Waals surface area contributed by atoms with Crippen molar-refractivity contribution >= 4 is 33.4 Å². The van der Waals surface area contributed by atoms with Gasteiger partial charge in [-0.25, -0.2) is 4.98 Å². The van der Waals surface area contributed by atoms with Crippen molar-refractivity contribution in [1.29, 1.82) is 0 Å². The second kappa shape index (κ2) is 6.68. The van der Waals surface area contributed by atoms with E-state index in [1.54, 1.807) is 18.2 Å². The number of halogens is 2. The van der Waals surface area contributed by atoms with Gasteiger partial charge in [-0.05, 0) is 52.2 Å². The van der Waals surface area contributed by atoms with Gasteiger partial charge >= 0.3 is 0 Å². The highest BCUT2D eigenvalue weighted by Gasteiger charge is 2.06. The average Bonchev–Trinajstić information content (AvgIpc) is 2.38. The number of hydrogen-bond donors (Lipinski definition) is 1. The van der Waals surface area contributed by atoms with Crippen LogP contribution in [-0.2, 0) is 6.42 Å². The van der Waals surface area contributed by atoms with E-state index in [1.165, 1.54) is 0 Å². The normalized spacial score (nSPS) is 10.2. The third-order valence-corrected chi connectivity index (χ3v) is 3.21. The molecule has 0 aliphatic heterocycles. The molecule has 3 nitrogen and oxygen atoms in total. The molecule has 0 saturated heterocycles. The van der Waals surface area contributed by atoms with Crippen LogP contribution >= 0.6 is 27.5 Å². The summed E-state index contributed by atoms with van der Waals surface area (Å²) < 4.78 is 0.648. The Balaban J connectivity index is 1.87. The molecule has 1 heterocycles. The number of aromatic nitrogens is 1. The molecule has 1 amide bonds. The lowest BCUT2D eigenvalue weighted by molar-refractivity contribution is 0.0949. The zero-order valence-corrected chi connectivity index (χ0v) is 12.4. The summed E-state index contributed by atoms with van der Waals surface area (Å²) in [5.41, 5.74) is 1.50. The van der Waals surface area contributed by atoms with E-state index in [1.807, 2.05) is 24.3 Å². The first-order valence-corrected chi connectivity index (χ1v) is 6.97. The summed E-state index contributed by atoms with van der Waals surface area (Å²) in [7, 11) is 0. The Hall–Kier alpha value is -1.39. The highest BCUT2D eigenvalue weighted by atomic mass is 79.9. The molecule has 0 radical (unpaired) electrons. The molecule has 98 valence electrons. The van der Waals surface area contributed by atoms with Crippen molar-refractivity contribution in [2.45, 2.75) is 6.42 Å². The van der Waals surface area contributed by atoms with E-state index in [-0.39, 0.29) is 5.91 Å². The minimum absolute atomic E-state index is 0.177. The van der Waals surface area contributed by atoms with E-state index in [0.29, 0.717) is 21.9 Å². The van der Waals surface area contributed by atoms with Crippen LogP contribution in [0.4, 0.5) is 0 Å². The SMILES string of the molecule is O=C(NCCc1cccc(Cl)c1)c1cccc(Br)n1. The van der Waals surface area contributed by atoms with Crippen molar-refractivity contribution in [3.8, 4) is 0 Å². The minimum Gasteiger partial charge on any atom is -0.350 e. The van der Waals surface area contributed by atoms with Crippen LogP contribution in [0.15, 0.2) is 47.1 Å². The van der Waals surface area contributed by atoms with Gasteiger partial charge in [0.2, 0.25) is 0 Å². The first-order valence-electron chi connectivity index (χ1n) is 5.80. The topological polar surface area (TPSA) is 42.0 Å². The predicted octanol–water partition coefficient (Wildman–Crippen LogP) is 3.47. The first kappa shape index (κ1) is 14.0. The van der Waals surface area contributed by atoms with Crippen molar-refractivity contribution in [2.75, 3.05) is 6.54 Å². The molecule has 1 aromatic heterocycles. The monoisotopic (exact) mass is 338 g/mol. The second-order valence-electron chi connectivity index (χ2n) is 3.98. The fourth-order valence-corrected chi connectivity index (χ4v) is 2.19. The van der Waals surface area contributed by atoms with Gasteiger partial charge in [0.1, 0.15) is 10.3 Å². The number of amides is 1. The molecule has 2 rings (SSSR count).